The molecule has 6 nitrogen and oxygen atoms in total. The summed E-state index contributed by atoms with van der Waals surface area (Å²) in [5, 5.41) is 2.33. The average Bonchev–Trinajstić information content (AvgIpc) is 3.13. The van der Waals surface area contributed by atoms with Gasteiger partial charge in [-0.1, -0.05) is 12.1 Å². The lowest BCUT2D eigenvalue weighted by Crippen LogP contribution is -2.33. The lowest BCUT2D eigenvalue weighted by molar-refractivity contribution is -0.697. The molecule has 0 saturated carbocycles. The Labute approximate surface area is 284 Å². The van der Waals surface area contributed by atoms with Crippen molar-refractivity contribution in [2.45, 2.75) is 65.0 Å². The Kier molecular flexibility index (Phi) is 11.4. The number of aromatic nitrogens is 4. The van der Waals surface area contributed by atoms with Gasteiger partial charge in [-0.25, -0.2) is 9.13 Å². The topological polar surface area (TPSA) is 52.0 Å². The second kappa shape index (κ2) is 16.6. The lowest BCUT2D eigenvalue weighted by atomic mass is 10.1. The number of rotatable bonds is 16. The molecule has 0 unspecified atom stereocenters. The van der Waals surface area contributed by atoms with Crippen molar-refractivity contribution in [3.8, 4) is 34.0 Å². The van der Waals surface area contributed by atoms with Crippen molar-refractivity contribution in [2.75, 3.05) is 13.7 Å². The van der Waals surface area contributed by atoms with E-state index >= 15 is 0 Å². The predicted molar refractivity (Wildman–Crippen MR) is 192 cm³/mol. The van der Waals surface area contributed by atoms with Crippen molar-refractivity contribution in [1.82, 2.24) is 9.97 Å². The average molecular weight is 639 g/mol. The second-order valence-corrected chi connectivity index (χ2v) is 12.5. The number of aryl methyl sites for hydroxylation is 4. The number of hydrogen-bond acceptors (Lipinski definition) is 4. The molecule has 244 valence electrons. The molecular formula is C42H46N4O2+2. The minimum Gasteiger partial charge on any atom is -0.497 e. The molecule has 0 atom stereocenters. The smallest absolute Gasteiger partial charge is 0.169 e. The molecule has 0 amide bonds. The fraction of sp³-hybridized carbons (Fsp3) is 0.286. The number of hydrogen-bond donors (Lipinski definition) is 0. The van der Waals surface area contributed by atoms with E-state index in [2.05, 4.69) is 118 Å². The molecule has 0 spiro atoms. The Balaban J connectivity index is 0.866. The Bertz CT molecular complexity index is 1910. The van der Waals surface area contributed by atoms with E-state index < -0.39 is 0 Å². The maximum absolute atomic E-state index is 6.02. The Hall–Kier alpha value is -5.10. The molecule has 0 fully saturated rings. The van der Waals surface area contributed by atoms with Gasteiger partial charge in [0.2, 0.25) is 0 Å². The van der Waals surface area contributed by atoms with Crippen LogP contribution in [0.25, 0.3) is 33.3 Å². The number of benzene rings is 2. The Morgan fingerprint density at radius 2 is 1.15 bits per heavy atom. The fourth-order valence-corrected chi connectivity index (χ4v) is 6.03. The summed E-state index contributed by atoms with van der Waals surface area (Å²) >= 11 is 0. The highest BCUT2D eigenvalue weighted by molar-refractivity contribution is 5.85. The van der Waals surface area contributed by atoms with E-state index in [1.165, 1.54) is 46.9 Å². The van der Waals surface area contributed by atoms with Gasteiger partial charge in [-0.15, -0.1) is 0 Å². The van der Waals surface area contributed by atoms with Gasteiger partial charge >= 0.3 is 0 Å². The van der Waals surface area contributed by atoms with Gasteiger partial charge in [0.25, 0.3) is 0 Å². The number of fused-ring (bicyclic) bond motifs is 1. The molecule has 2 aromatic carbocycles. The lowest BCUT2D eigenvalue weighted by Gasteiger charge is -2.08. The van der Waals surface area contributed by atoms with Crippen LogP contribution in [-0.2, 0) is 19.5 Å². The molecule has 6 heteroatoms. The zero-order chi connectivity index (χ0) is 33.0. The normalized spacial score (nSPS) is 11.1. The summed E-state index contributed by atoms with van der Waals surface area (Å²) in [4.78, 5) is 9.02. The first-order valence-corrected chi connectivity index (χ1v) is 17.2. The molecule has 6 rings (SSSR count). The van der Waals surface area contributed by atoms with Crippen LogP contribution in [0.5, 0.6) is 11.5 Å². The number of ether oxygens (including phenoxy) is 2. The van der Waals surface area contributed by atoms with Gasteiger partial charge < -0.3 is 9.47 Å². The van der Waals surface area contributed by atoms with Gasteiger partial charge in [0, 0.05) is 49.5 Å². The Morgan fingerprint density at radius 3 is 1.81 bits per heavy atom. The monoisotopic (exact) mass is 638 g/mol. The van der Waals surface area contributed by atoms with Crippen molar-refractivity contribution in [1.29, 1.82) is 0 Å². The van der Waals surface area contributed by atoms with Crippen LogP contribution >= 0.6 is 0 Å². The van der Waals surface area contributed by atoms with Crippen molar-refractivity contribution in [3.63, 3.8) is 0 Å². The highest BCUT2D eigenvalue weighted by Gasteiger charge is 2.08. The van der Waals surface area contributed by atoms with Gasteiger partial charge in [-0.3, -0.25) is 9.97 Å². The molecule has 6 aromatic rings. The third-order valence-electron chi connectivity index (χ3n) is 8.85. The van der Waals surface area contributed by atoms with Crippen molar-refractivity contribution >= 4 is 10.8 Å². The van der Waals surface area contributed by atoms with Crippen molar-refractivity contribution in [2.24, 2.45) is 0 Å². The molecule has 0 N–H and O–H groups in total. The summed E-state index contributed by atoms with van der Waals surface area (Å²) in [6.45, 7) is 4.88. The molecule has 4 heterocycles. The van der Waals surface area contributed by atoms with Gasteiger partial charge in [0.1, 0.15) is 24.6 Å². The Morgan fingerprint density at radius 1 is 0.562 bits per heavy atom. The molecule has 0 aliphatic heterocycles. The summed E-state index contributed by atoms with van der Waals surface area (Å²) in [6.07, 6.45) is 20.5. The number of pyridine rings is 4. The maximum atomic E-state index is 6.02. The van der Waals surface area contributed by atoms with Crippen LogP contribution < -0.4 is 18.6 Å². The van der Waals surface area contributed by atoms with Crippen LogP contribution in [0, 0.1) is 6.92 Å². The molecule has 0 aliphatic rings. The van der Waals surface area contributed by atoms with E-state index in [4.69, 9.17) is 9.47 Å². The zero-order valence-electron chi connectivity index (χ0n) is 28.2. The van der Waals surface area contributed by atoms with Gasteiger partial charge in [0.15, 0.2) is 24.8 Å². The van der Waals surface area contributed by atoms with E-state index in [0.717, 1.165) is 73.7 Å². The highest BCUT2D eigenvalue weighted by Crippen LogP contribution is 2.25. The SMILES string of the molecule is COc1ccc2cc(OCCCCCC[n+]3ccc(-c4cc[n+](CCCCc5ccnc(-c6cc(C)ccn6)c5)cc4)cc3)ccc2c1. The van der Waals surface area contributed by atoms with Crippen LogP contribution in [0.3, 0.4) is 0 Å². The van der Waals surface area contributed by atoms with E-state index in [1.807, 2.05) is 30.6 Å². The molecule has 0 aliphatic carbocycles. The third kappa shape index (κ3) is 9.25. The van der Waals surface area contributed by atoms with Crippen molar-refractivity contribution in [3.05, 3.63) is 133 Å². The van der Waals surface area contributed by atoms with Crippen molar-refractivity contribution < 1.29 is 18.6 Å². The first kappa shape index (κ1) is 32.8. The predicted octanol–water partition coefficient (Wildman–Crippen LogP) is 8.52. The summed E-state index contributed by atoms with van der Waals surface area (Å²) in [5.41, 5.74) is 6.90. The van der Waals surface area contributed by atoms with Crippen LogP contribution in [0.4, 0.5) is 0 Å². The summed E-state index contributed by atoms with van der Waals surface area (Å²) < 4.78 is 15.9. The largest absolute Gasteiger partial charge is 0.497 e. The summed E-state index contributed by atoms with van der Waals surface area (Å²) in [5.74, 6) is 1.81. The second-order valence-electron chi connectivity index (χ2n) is 12.5. The maximum Gasteiger partial charge on any atom is 0.169 e. The number of nitrogens with zero attached hydrogens (tertiary/aromatic N) is 4. The molecule has 4 aromatic heterocycles. The summed E-state index contributed by atoms with van der Waals surface area (Å²) in [6, 6.07) is 29.7. The van der Waals surface area contributed by atoms with Crippen LogP contribution in [0.1, 0.15) is 49.7 Å². The number of methoxy groups -OCH3 is 1. The van der Waals surface area contributed by atoms with Gasteiger partial charge in [0.05, 0.1) is 25.1 Å². The standard InChI is InChI=1S/C42H46N4O2/c1-33-14-20-43-41(29-33)42-30-34(15-21-44-42)9-5-7-23-46-26-18-36(19-27-46)35-16-24-45(25-17-35)22-6-3-4-8-28-48-40-13-11-37-31-39(47-2)12-10-38(37)32-40/h10-21,24-27,29-32H,3-9,22-23,28H2,1-2H3/q+2. The molecule has 0 radical (unpaired) electrons. The zero-order valence-corrected chi connectivity index (χ0v) is 28.2. The minimum atomic E-state index is 0.750. The van der Waals surface area contributed by atoms with E-state index in [0.29, 0.717) is 0 Å². The third-order valence-corrected chi connectivity index (χ3v) is 8.85. The fourth-order valence-electron chi connectivity index (χ4n) is 6.03. The van der Waals surface area contributed by atoms with E-state index in [1.54, 1.807) is 7.11 Å². The first-order valence-electron chi connectivity index (χ1n) is 17.2. The highest BCUT2D eigenvalue weighted by atomic mass is 16.5. The molecule has 0 bridgehead atoms. The quantitative estimate of drug-likeness (QED) is 0.0788. The molecular weight excluding hydrogens is 592 g/mol. The van der Waals surface area contributed by atoms with Gasteiger partial charge in [-0.2, -0.15) is 0 Å². The first-order chi connectivity index (χ1) is 23.6. The molecule has 0 saturated heterocycles. The molecule has 48 heavy (non-hydrogen) atoms. The van der Waals surface area contributed by atoms with Crippen LogP contribution in [0.15, 0.2) is 122 Å². The van der Waals surface area contributed by atoms with Gasteiger partial charge in [-0.05, 0) is 121 Å². The van der Waals surface area contributed by atoms with E-state index in [-0.39, 0.29) is 0 Å². The summed E-state index contributed by atoms with van der Waals surface area (Å²) in [7, 11) is 1.70. The minimum absolute atomic E-state index is 0.750. The van der Waals surface area contributed by atoms with E-state index in [9.17, 15) is 0 Å². The van der Waals surface area contributed by atoms with Crippen LogP contribution in [-0.4, -0.2) is 23.7 Å². The van der Waals surface area contributed by atoms with Crippen LogP contribution in [0.2, 0.25) is 0 Å². The number of unbranched alkanes of at least 4 members (excludes halogenated alkanes) is 4.